The number of carbonyl (C=O) groups is 1. The number of carbonyl (C=O) groups excluding carboxylic acids is 1. The number of rotatable bonds is 4. The Morgan fingerprint density at radius 1 is 1.17 bits per heavy atom. The molecule has 0 spiro atoms. The summed E-state index contributed by atoms with van der Waals surface area (Å²) in [5.41, 5.74) is 2.32. The maximum Gasteiger partial charge on any atom is 0.419 e. The van der Waals surface area contributed by atoms with Gasteiger partial charge in [-0.1, -0.05) is 24.3 Å². The predicted octanol–water partition coefficient (Wildman–Crippen LogP) is 4.00. The summed E-state index contributed by atoms with van der Waals surface area (Å²) in [5, 5.41) is 1.11. The molecule has 1 saturated heterocycles. The van der Waals surface area contributed by atoms with Crippen molar-refractivity contribution in [3.05, 3.63) is 64.1 Å². The Hall–Kier alpha value is -2.93. The van der Waals surface area contributed by atoms with Crippen molar-refractivity contribution >= 4 is 38.6 Å². The lowest BCUT2D eigenvalue weighted by molar-refractivity contribution is -0.132. The number of fused-ring (bicyclic) bond motifs is 2. The molecule has 0 saturated carbocycles. The lowest BCUT2D eigenvalue weighted by Crippen LogP contribution is -2.39. The Kier molecular flexibility index (Phi) is 4.67. The number of benzene rings is 2. The molecule has 1 amide bonds. The summed E-state index contributed by atoms with van der Waals surface area (Å²) in [6.07, 6.45) is 2.31. The van der Waals surface area contributed by atoms with Crippen LogP contribution in [0.2, 0.25) is 0 Å². The third kappa shape index (κ3) is 3.46. The number of aryl methyl sites for hydroxylation is 1. The van der Waals surface area contributed by atoms with Gasteiger partial charge in [0.05, 0.1) is 20.7 Å². The first-order valence-electron chi connectivity index (χ1n) is 9.90. The monoisotopic (exact) mass is 407 g/mol. The van der Waals surface area contributed by atoms with E-state index >= 15 is 0 Å². The van der Waals surface area contributed by atoms with Crippen LogP contribution in [0.3, 0.4) is 0 Å². The normalized spacial score (nSPS) is 17.2. The van der Waals surface area contributed by atoms with Crippen LogP contribution in [0.4, 0.5) is 0 Å². The smallest absolute Gasteiger partial charge is 0.408 e. The predicted molar refractivity (Wildman–Crippen MR) is 113 cm³/mol. The number of likely N-dealkylation sites (tertiary alicyclic amines) is 1. The lowest BCUT2D eigenvalue weighted by Gasteiger charge is -2.32. The summed E-state index contributed by atoms with van der Waals surface area (Å²) in [5.74, 6) is -0.0550. The SMILES string of the molecule is O=C(CCn1c(=O)oc2ccccc21)N1CCC[C@H](c2nc3ccccc3s2)C1. The van der Waals surface area contributed by atoms with E-state index in [2.05, 4.69) is 6.07 Å². The molecule has 0 aliphatic carbocycles. The van der Waals surface area contributed by atoms with E-state index in [9.17, 15) is 9.59 Å². The fourth-order valence-corrected chi connectivity index (χ4v) is 5.15. The molecule has 1 fully saturated rings. The van der Waals surface area contributed by atoms with Crippen LogP contribution in [0, 0.1) is 0 Å². The van der Waals surface area contributed by atoms with Gasteiger partial charge in [0.2, 0.25) is 5.91 Å². The molecule has 0 N–H and O–H groups in total. The van der Waals surface area contributed by atoms with Gasteiger partial charge in [-0.2, -0.15) is 0 Å². The fourth-order valence-electron chi connectivity index (χ4n) is 4.06. The van der Waals surface area contributed by atoms with Crippen molar-refractivity contribution in [1.29, 1.82) is 0 Å². The highest BCUT2D eigenvalue weighted by Crippen LogP contribution is 2.33. The van der Waals surface area contributed by atoms with E-state index in [0.717, 1.165) is 35.4 Å². The Labute approximate surface area is 171 Å². The van der Waals surface area contributed by atoms with Crippen LogP contribution in [-0.2, 0) is 11.3 Å². The largest absolute Gasteiger partial charge is 0.419 e. The standard InChI is InChI=1S/C22H21N3O3S/c26-20(11-13-25-17-8-2-3-9-18(17)28-22(25)27)24-12-5-6-15(14-24)21-23-16-7-1-4-10-19(16)29-21/h1-4,7-10,15H,5-6,11-14H2/t15-/m0/s1. The molecule has 1 aliphatic heterocycles. The van der Waals surface area contributed by atoms with Gasteiger partial charge in [0.15, 0.2) is 5.58 Å². The average molecular weight is 407 g/mol. The molecule has 7 heteroatoms. The highest BCUT2D eigenvalue weighted by molar-refractivity contribution is 7.18. The summed E-state index contributed by atoms with van der Waals surface area (Å²) >= 11 is 1.73. The zero-order valence-corrected chi connectivity index (χ0v) is 16.7. The van der Waals surface area contributed by atoms with Crippen LogP contribution in [0.5, 0.6) is 0 Å². The summed E-state index contributed by atoms with van der Waals surface area (Å²) in [4.78, 5) is 31.7. The van der Waals surface area contributed by atoms with E-state index in [-0.39, 0.29) is 18.2 Å². The molecular weight excluding hydrogens is 386 g/mol. The number of thiazole rings is 1. The van der Waals surface area contributed by atoms with Crippen molar-refractivity contribution in [3.63, 3.8) is 0 Å². The minimum absolute atomic E-state index is 0.0768. The van der Waals surface area contributed by atoms with Gasteiger partial charge in [0, 0.05) is 32.0 Å². The number of piperidine rings is 1. The third-order valence-electron chi connectivity index (χ3n) is 5.56. The van der Waals surface area contributed by atoms with Gasteiger partial charge in [0.1, 0.15) is 0 Å². The maximum atomic E-state index is 12.9. The van der Waals surface area contributed by atoms with E-state index < -0.39 is 5.76 Å². The summed E-state index contributed by atoms with van der Waals surface area (Å²) in [6, 6.07) is 15.5. The molecule has 0 radical (unpaired) electrons. The molecule has 1 atom stereocenters. The first-order chi connectivity index (χ1) is 14.2. The number of amides is 1. The second-order valence-electron chi connectivity index (χ2n) is 7.44. The second-order valence-corrected chi connectivity index (χ2v) is 8.50. The van der Waals surface area contributed by atoms with Gasteiger partial charge in [-0.25, -0.2) is 9.78 Å². The van der Waals surface area contributed by atoms with Gasteiger partial charge in [-0.05, 0) is 37.1 Å². The number of hydrogen-bond acceptors (Lipinski definition) is 5. The van der Waals surface area contributed by atoms with E-state index in [1.165, 1.54) is 4.70 Å². The van der Waals surface area contributed by atoms with Crippen molar-refractivity contribution < 1.29 is 9.21 Å². The average Bonchev–Trinajstić information content (AvgIpc) is 3.32. The maximum absolute atomic E-state index is 12.9. The molecule has 148 valence electrons. The molecule has 3 heterocycles. The number of oxazole rings is 1. The number of hydrogen-bond donors (Lipinski definition) is 0. The molecular formula is C22H21N3O3S. The van der Waals surface area contributed by atoms with Crippen molar-refractivity contribution in [2.75, 3.05) is 13.1 Å². The van der Waals surface area contributed by atoms with Gasteiger partial charge < -0.3 is 9.32 Å². The van der Waals surface area contributed by atoms with Gasteiger partial charge >= 0.3 is 5.76 Å². The molecule has 5 rings (SSSR count). The van der Waals surface area contributed by atoms with Gasteiger partial charge in [0.25, 0.3) is 0 Å². The van der Waals surface area contributed by atoms with E-state index in [1.54, 1.807) is 22.0 Å². The van der Waals surface area contributed by atoms with Gasteiger partial charge in [-0.15, -0.1) is 11.3 Å². The first kappa shape index (κ1) is 18.1. The Morgan fingerprint density at radius 2 is 2.00 bits per heavy atom. The summed E-state index contributed by atoms with van der Waals surface area (Å²) in [6.45, 7) is 1.79. The highest BCUT2D eigenvalue weighted by atomic mass is 32.1. The first-order valence-corrected chi connectivity index (χ1v) is 10.7. The number of aromatic nitrogens is 2. The van der Waals surface area contributed by atoms with Crippen LogP contribution in [0.15, 0.2) is 57.7 Å². The van der Waals surface area contributed by atoms with Crippen LogP contribution >= 0.6 is 11.3 Å². The minimum Gasteiger partial charge on any atom is -0.408 e. The number of para-hydroxylation sites is 3. The zero-order valence-electron chi connectivity index (χ0n) is 15.9. The molecule has 2 aromatic heterocycles. The molecule has 0 unspecified atom stereocenters. The molecule has 6 nitrogen and oxygen atoms in total. The Balaban J connectivity index is 1.28. The van der Waals surface area contributed by atoms with Gasteiger partial charge in [-0.3, -0.25) is 9.36 Å². The van der Waals surface area contributed by atoms with Crippen LogP contribution in [-0.4, -0.2) is 33.4 Å². The lowest BCUT2D eigenvalue weighted by atomic mass is 9.98. The summed E-state index contributed by atoms with van der Waals surface area (Å²) < 4.78 is 7.99. The highest BCUT2D eigenvalue weighted by Gasteiger charge is 2.27. The van der Waals surface area contributed by atoms with Crippen LogP contribution < -0.4 is 5.76 Å². The number of nitrogens with zero attached hydrogens (tertiary/aromatic N) is 3. The van der Waals surface area contributed by atoms with E-state index in [1.807, 2.05) is 41.3 Å². The molecule has 2 aromatic carbocycles. The topological polar surface area (TPSA) is 68.3 Å². The molecule has 0 bridgehead atoms. The van der Waals surface area contributed by atoms with Crippen molar-refractivity contribution in [2.45, 2.75) is 31.7 Å². The van der Waals surface area contributed by atoms with Crippen LogP contribution in [0.25, 0.3) is 21.3 Å². The second kappa shape index (κ2) is 7.48. The van der Waals surface area contributed by atoms with E-state index in [0.29, 0.717) is 18.7 Å². The third-order valence-corrected chi connectivity index (χ3v) is 6.76. The fraction of sp³-hybridized carbons (Fsp3) is 0.318. The quantitative estimate of drug-likeness (QED) is 0.513. The Morgan fingerprint density at radius 3 is 2.90 bits per heavy atom. The minimum atomic E-state index is -0.412. The van der Waals surface area contributed by atoms with Crippen molar-refractivity contribution in [2.24, 2.45) is 0 Å². The summed E-state index contributed by atoms with van der Waals surface area (Å²) in [7, 11) is 0. The van der Waals surface area contributed by atoms with Crippen molar-refractivity contribution in [3.8, 4) is 0 Å². The van der Waals surface area contributed by atoms with E-state index in [4.69, 9.17) is 9.40 Å². The Bertz CT molecular complexity index is 1210. The zero-order chi connectivity index (χ0) is 19.8. The molecule has 1 aliphatic rings. The van der Waals surface area contributed by atoms with Crippen molar-refractivity contribution in [1.82, 2.24) is 14.5 Å². The molecule has 29 heavy (non-hydrogen) atoms. The van der Waals surface area contributed by atoms with Crippen LogP contribution in [0.1, 0.15) is 30.2 Å². The molecule has 4 aromatic rings.